The predicted molar refractivity (Wildman–Crippen MR) is 66.7 cm³/mol. The fraction of sp³-hybridized carbons (Fsp3) is 0.455. The van der Waals surface area contributed by atoms with E-state index in [1.54, 1.807) is 6.92 Å². The van der Waals surface area contributed by atoms with E-state index in [4.69, 9.17) is 16.0 Å². The SMILES string of the molecule is CCN(CCO)c1nc(C(F)(F)F)ccc1C(N)=NO. The molecule has 0 aliphatic carbocycles. The Morgan fingerprint density at radius 2 is 2.10 bits per heavy atom. The molecule has 0 amide bonds. The van der Waals surface area contributed by atoms with Crippen molar-refractivity contribution in [3.63, 3.8) is 0 Å². The lowest BCUT2D eigenvalue weighted by molar-refractivity contribution is -0.141. The minimum atomic E-state index is -4.60. The Balaban J connectivity index is 3.40. The summed E-state index contributed by atoms with van der Waals surface area (Å²) in [6.45, 7) is 1.81. The number of oxime groups is 1. The van der Waals surface area contributed by atoms with Gasteiger partial charge in [-0.2, -0.15) is 13.2 Å². The van der Waals surface area contributed by atoms with Crippen molar-refractivity contribution in [2.75, 3.05) is 24.6 Å². The molecule has 112 valence electrons. The molecule has 0 atom stereocenters. The molecule has 1 heterocycles. The van der Waals surface area contributed by atoms with Gasteiger partial charge in [0.05, 0.1) is 12.2 Å². The monoisotopic (exact) mass is 292 g/mol. The van der Waals surface area contributed by atoms with Gasteiger partial charge in [0.2, 0.25) is 0 Å². The average molecular weight is 292 g/mol. The van der Waals surface area contributed by atoms with E-state index >= 15 is 0 Å². The van der Waals surface area contributed by atoms with E-state index in [0.29, 0.717) is 6.54 Å². The lowest BCUT2D eigenvalue weighted by Gasteiger charge is -2.24. The van der Waals surface area contributed by atoms with Crippen LogP contribution >= 0.6 is 0 Å². The fourth-order valence-corrected chi connectivity index (χ4v) is 1.64. The molecule has 0 aromatic carbocycles. The Labute approximate surface area is 113 Å². The number of hydrogen-bond acceptors (Lipinski definition) is 5. The van der Waals surface area contributed by atoms with Gasteiger partial charge in [-0.25, -0.2) is 4.98 Å². The summed E-state index contributed by atoms with van der Waals surface area (Å²) in [5.41, 5.74) is 4.41. The molecule has 9 heteroatoms. The van der Waals surface area contributed by atoms with Gasteiger partial charge in [0.15, 0.2) is 5.84 Å². The van der Waals surface area contributed by atoms with Crippen LogP contribution in [0.25, 0.3) is 0 Å². The summed E-state index contributed by atoms with van der Waals surface area (Å²) >= 11 is 0. The van der Waals surface area contributed by atoms with Crippen molar-refractivity contribution in [1.29, 1.82) is 0 Å². The Bertz CT molecular complexity index is 491. The standard InChI is InChI=1S/C11H15F3N4O2/c1-2-18(5-6-19)10-7(9(15)17-20)3-4-8(16-10)11(12,13)14/h3-4,19-20H,2,5-6H2,1H3,(H2,15,17). The first-order chi connectivity index (χ1) is 9.35. The van der Waals surface area contributed by atoms with Gasteiger partial charge in [-0.15, -0.1) is 0 Å². The number of likely N-dealkylation sites (N-methyl/N-ethyl adjacent to an activating group) is 1. The van der Waals surface area contributed by atoms with Crippen LogP contribution in [0, 0.1) is 0 Å². The van der Waals surface area contributed by atoms with Crippen LogP contribution in [-0.4, -0.2) is 40.8 Å². The molecule has 0 aliphatic rings. The van der Waals surface area contributed by atoms with E-state index in [1.807, 2.05) is 0 Å². The van der Waals surface area contributed by atoms with E-state index < -0.39 is 11.9 Å². The maximum atomic E-state index is 12.7. The van der Waals surface area contributed by atoms with E-state index in [0.717, 1.165) is 12.1 Å². The quantitative estimate of drug-likeness (QED) is 0.326. The Morgan fingerprint density at radius 3 is 2.55 bits per heavy atom. The second-order valence-electron chi connectivity index (χ2n) is 3.85. The summed E-state index contributed by atoms with van der Waals surface area (Å²) in [5, 5.41) is 20.4. The van der Waals surface area contributed by atoms with Gasteiger partial charge in [0, 0.05) is 13.1 Å². The number of amidine groups is 1. The van der Waals surface area contributed by atoms with Gasteiger partial charge in [-0.1, -0.05) is 5.16 Å². The fourth-order valence-electron chi connectivity index (χ4n) is 1.64. The number of pyridine rings is 1. The first-order valence-electron chi connectivity index (χ1n) is 5.77. The van der Waals surface area contributed by atoms with Crippen LogP contribution in [-0.2, 0) is 6.18 Å². The highest BCUT2D eigenvalue weighted by Crippen LogP contribution is 2.30. The van der Waals surface area contributed by atoms with Crippen LogP contribution in [0.1, 0.15) is 18.2 Å². The number of halogens is 3. The minimum Gasteiger partial charge on any atom is -0.409 e. The van der Waals surface area contributed by atoms with Crippen molar-refractivity contribution < 1.29 is 23.5 Å². The number of aliphatic hydroxyl groups excluding tert-OH is 1. The van der Waals surface area contributed by atoms with Crippen molar-refractivity contribution in [2.24, 2.45) is 10.9 Å². The number of nitrogens with two attached hydrogens (primary N) is 1. The molecule has 1 rings (SSSR count). The Kier molecular flexibility index (Phi) is 5.14. The van der Waals surface area contributed by atoms with Crippen molar-refractivity contribution in [1.82, 2.24) is 4.98 Å². The number of aliphatic hydroxyl groups is 1. The molecule has 0 fully saturated rings. The lowest BCUT2D eigenvalue weighted by atomic mass is 10.2. The van der Waals surface area contributed by atoms with Crippen LogP contribution in [0.5, 0.6) is 0 Å². The lowest BCUT2D eigenvalue weighted by Crippen LogP contribution is -2.31. The van der Waals surface area contributed by atoms with Crippen LogP contribution in [0.3, 0.4) is 0 Å². The van der Waals surface area contributed by atoms with Gasteiger partial charge in [-0.3, -0.25) is 0 Å². The molecule has 0 radical (unpaired) electrons. The molecule has 0 aliphatic heterocycles. The van der Waals surface area contributed by atoms with Crippen LogP contribution in [0.15, 0.2) is 17.3 Å². The highest BCUT2D eigenvalue weighted by atomic mass is 19.4. The number of aromatic nitrogens is 1. The van der Waals surface area contributed by atoms with Crippen molar-refractivity contribution in [2.45, 2.75) is 13.1 Å². The first-order valence-corrected chi connectivity index (χ1v) is 5.77. The summed E-state index contributed by atoms with van der Waals surface area (Å²) in [5.74, 6) is -0.440. The molecule has 1 aromatic rings. The van der Waals surface area contributed by atoms with Crippen molar-refractivity contribution in [3.8, 4) is 0 Å². The zero-order valence-corrected chi connectivity index (χ0v) is 10.7. The van der Waals surface area contributed by atoms with Crippen molar-refractivity contribution in [3.05, 3.63) is 23.4 Å². The van der Waals surface area contributed by atoms with Gasteiger partial charge in [0.1, 0.15) is 11.5 Å². The molecule has 0 saturated carbocycles. The molecular formula is C11H15F3N4O2. The molecule has 20 heavy (non-hydrogen) atoms. The van der Waals surface area contributed by atoms with E-state index in [2.05, 4.69) is 10.1 Å². The third-order valence-corrected chi connectivity index (χ3v) is 2.60. The largest absolute Gasteiger partial charge is 0.433 e. The van der Waals surface area contributed by atoms with Crippen LogP contribution < -0.4 is 10.6 Å². The third kappa shape index (κ3) is 3.50. The number of nitrogens with zero attached hydrogens (tertiary/aromatic N) is 3. The summed E-state index contributed by atoms with van der Waals surface area (Å²) < 4.78 is 38.1. The summed E-state index contributed by atoms with van der Waals surface area (Å²) in [6, 6.07) is 1.84. The summed E-state index contributed by atoms with van der Waals surface area (Å²) in [7, 11) is 0. The Morgan fingerprint density at radius 1 is 1.45 bits per heavy atom. The second kappa shape index (κ2) is 6.42. The van der Waals surface area contributed by atoms with Gasteiger partial charge >= 0.3 is 6.18 Å². The smallest absolute Gasteiger partial charge is 0.409 e. The third-order valence-electron chi connectivity index (χ3n) is 2.60. The molecule has 0 unspecified atom stereocenters. The maximum Gasteiger partial charge on any atom is 0.433 e. The van der Waals surface area contributed by atoms with Gasteiger partial charge in [0.25, 0.3) is 0 Å². The van der Waals surface area contributed by atoms with Crippen LogP contribution in [0.4, 0.5) is 19.0 Å². The highest BCUT2D eigenvalue weighted by molar-refractivity contribution is 6.01. The maximum absolute atomic E-state index is 12.7. The molecular weight excluding hydrogens is 277 g/mol. The first kappa shape index (κ1) is 16.0. The average Bonchev–Trinajstić information content (AvgIpc) is 2.42. The van der Waals surface area contributed by atoms with E-state index in [-0.39, 0.29) is 30.4 Å². The van der Waals surface area contributed by atoms with Gasteiger partial charge in [-0.05, 0) is 19.1 Å². The molecule has 0 spiro atoms. The number of rotatable bonds is 5. The summed E-state index contributed by atoms with van der Waals surface area (Å²) in [6.07, 6.45) is -4.60. The molecule has 0 bridgehead atoms. The van der Waals surface area contributed by atoms with Gasteiger partial charge < -0.3 is 20.9 Å². The molecule has 6 nitrogen and oxygen atoms in total. The van der Waals surface area contributed by atoms with Crippen molar-refractivity contribution >= 4 is 11.7 Å². The second-order valence-corrected chi connectivity index (χ2v) is 3.85. The predicted octanol–water partition coefficient (Wildman–Crippen LogP) is 1.01. The van der Waals surface area contributed by atoms with E-state index in [9.17, 15) is 13.2 Å². The minimum absolute atomic E-state index is 0.0656. The van der Waals surface area contributed by atoms with Crippen LogP contribution in [0.2, 0.25) is 0 Å². The molecule has 0 saturated heterocycles. The zero-order chi connectivity index (χ0) is 15.3. The normalized spacial score (nSPS) is 12.6. The topological polar surface area (TPSA) is 95.0 Å². The zero-order valence-electron chi connectivity index (χ0n) is 10.7. The summed E-state index contributed by atoms with van der Waals surface area (Å²) in [4.78, 5) is 4.93. The number of alkyl halides is 3. The highest BCUT2D eigenvalue weighted by Gasteiger charge is 2.33. The molecule has 4 N–H and O–H groups in total. The molecule has 1 aromatic heterocycles. The Hall–Kier alpha value is -2.03. The number of hydrogen-bond donors (Lipinski definition) is 3. The number of anilines is 1. The van der Waals surface area contributed by atoms with E-state index in [1.165, 1.54) is 4.90 Å².